The summed E-state index contributed by atoms with van der Waals surface area (Å²) < 4.78 is 16.0. The fourth-order valence-corrected chi connectivity index (χ4v) is 3.72. The SMILES string of the molecule is CCNC(=NCc1ccc(OC)c(OC)c1)NCC1(CCOC)CCCC1. The van der Waals surface area contributed by atoms with Gasteiger partial charge in [0.15, 0.2) is 17.5 Å². The van der Waals surface area contributed by atoms with E-state index < -0.39 is 0 Å². The van der Waals surface area contributed by atoms with Gasteiger partial charge in [-0.3, -0.25) is 0 Å². The molecule has 1 aromatic carbocycles. The third-order valence-electron chi connectivity index (χ3n) is 5.34. The van der Waals surface area contributed by atoms with E-state index in [0.717, 1.165) is 49.1 Å². The Bertz CT molecular complexity index is 598. The summed E-state index contributed by atoms with van der Waals surface area (Å²) in [6.45, 7) is 5.27. The first-order chi connectivity index (χ1) is 13.2. The molecule has 0 amide bonds. The van der Waals surface area contributed by atoms with Crippen molar-refractivity contribution in [1.29, 1.82) is 0 Å². The molecule has 27 heavy (non-hydrogen) atoms. The Morgan fingerprint density at radius 3 is 2.44 bits per heavy atom. The van der Waals surface area contributed by atoms with Crippen LogP contribution in [0.15, 0.2) is 23.2 Å². The van der Waals surface area contributed by atoms with Crippen LogP contribution in [0, 0.1) is 5.41 Å². The first kappa shape index (κ1) is 21.4. The highest BCUT2D eigenvalue weighted by atomic mass is 16.5. The highest BCUT2D eigenvalue weighted by molar-refractivity contribution is 5.79. The monoisotopic (exact) mass is 377 g/mol. The molecule has 2 N–H and O–H groups in total. The molecule has 0 atom stereocenters. The molecule has 0 saturated heterocycles. The number of ether oxygens (including phenoxy) is 3. The quantitative estimate of drug-likeness (QED) is 0.484. The number of hydrogen-bond acceptors (Lipinski definition) is 4. The van der Waals surface area contributed by atoms with Gasteiger partial charge >= 0.3 is 0 Å². The van der Waals surface area contributed by atoms with Crippen molar-refractivity contribution in [3.63, 3.8) is 0 Å². The Labute approximate surface area is 163 Å². The second-order valence-electron chi connectivity index (χ2n) is 7.19. The summed E-state index contributed by atoms with van der Waals surface area (Å²) in [7, 11) is 5.08. The van der Waals surface area contributed by atoms with Crippen LogP contribution in [0.1, 0.15) is 44.6 Å². The second kappa shape index (κ2) is 11.0. The summed E-state index contributed by atoms with van der Waals surface area (Å²) in [5, 5.41) is 6.91. The first-order valence-corrected chi connectivity index (χ1v) is 9.88. The molecular formula is C21H35N3O3. The summed E-state index contributed by atoms with van der Waals surface area (Å²) in [4.78, 5) is 4.75. The number of guanidine groups is 1. The minimum Gasteiger partial charge on any atom is -0.493 e. The Morgan fingerprint density at radius 1 is 1.07 bits per heavy atom. The molecule has 1 fully saturated rings. The van der Waals surface area contributed by atoms with Gasteiger partial charge in [-0.05, 0) is 49.3 Å². The zero-order valence-corrected chi connectivity index (χ0v) is 17.3. The van der Waals surface area contributed by atoms with E-state index in [2.05, 4.69) is 17.6 Å². The molecular weight excluding hydrogens is 342 g/mol. The lowest BCUT2D eigenvalue weighted by molar-refractivity contribution is 0.138. The van der Waals surface area contributed by atoms with Gasteiger partial charge in [-0.1, -0.05) is 18.9 Å². The number of rotatable bonds is 10. The van der Waals surface area contributed by atoms with E-state index in [0.29, 0.717) is 12.0 Å². The maximum atomic E-state index is 5.38. The molecule has 0 unspecified atom stereocenters. The average Bonchev–Trinajstić information content (AvgIpc) is 3.17. The van der Waals surface area contributed by atoms with Crippen molar-refractivity contribution in [3.8, 4) is 11.5 Å². The fraction of sp³-hybridized carbons (Fsp3) is 0.667. The van der Waals surface area contributed by atoms with Crippen molar-refractivity contribution < 1.29 is 14.2 Å². The van der Waals surface area contributed by atoms with Crippen LogP contribution in [0.3, 0.4) is 0 Å². The van der Waals surface area contributed by atoms with E-state index in [9.17, 15) is 0 Å². The van der Waals surface area contributed by atoms with Gasteiger partial charge in [0.05, 0.1) is 20.8 Å². The fourth-order valence-electron chi connectivity index (χ4n) is 3.72. The first-order valence-electron chi connectivity index (χ1n) is 9.88. The van der Waals surface area contributed by atoms with Gasteiger partial charge in [-0.2, -0.15) is 0 Å². The third kappa shape index (κ3) is 6.31. The molecule has 152 valence electrons. The van der Waals surface area contributed by atoms with Gasteiger partial charge in [-0.15, -0.1) is 0 Å². The van der Waals surface area contributed by atoms with Gasteiger partial charge in [-0.25, -0.2) is 4.99 Å². The van der Waals surface area contributed by atoms with Gasteiger partial charge in [0, 0.05) is 26.8 Å². The minimum absolute atomic E-state index is 0.329. The van der Waals surface area contributed by atoms with Gasteiger partial charge in [0.2, 0.25) is 0 Å². The molecule has 2 rings (SSSR count). The largest absolute Gasteiger partial charge is 0.493 e. The Hall–Kier alpha value is -1.95. The van der Waals surface area contributed by atoms with Crippen molar-refractivity contribution in [2.45, 2.75) is 45.6 Å². The van der Waals surface area contributed by atoms with Crippen LogP contribution in [0.5, 0.6) is 11.5 Å². The van der Waals surface area contributed by atoms with E-state index in [4.69, 9.17) is 19.2 Å². The van der Waals surface area contributed by atoms with Crippen LogP contribution < -0.4 is 20.1 Å². The molecule has 1 saturated carbocycles. The molecule has 0 bridgehead atoms. The third-order valence-corrected chi connectivity index (χ3v) is 5.34. The Kier molecular flexibility index (Phi) is 8.72. The van der Waals surface area contributed by atoms with E-state index >= 15 is 0 Å². The molecule has 6 heteroatoms. The molecule has 0 spiro atoms. The topological polar surface area (TPSA) is 64.1 Å². The van der Waals surface area contributed by atoms with Crippen molar-refractivity contribution in [1.82, 2.24) is 10.6 Å². The zero-order chi connectivity index (χ0) is 19.5. The van der Waals surface area contributed by atoms with Crippen LogP contribution in [-0.4, -0.2) is 47.0 Å². The molecule has 0 radical (unpaired) electrons. The minimum atomic E-state index is 0.329. The number of methoxy groups -OCH3 is 3. The molecule has 1 aliphatic carbocycles. The van der Waals surface area contributed by atoms with Gasteiger partial charge in [0.1, 0.15) is 0 Å². The molecule has 0 aliphatic heterocycles. The molecule has 0 heterocycles. The van der Waals surface area contributed by atoms with Crippen molar-refractivity contribution in [2.24, 2.45) is 10.4 Å². The lowest BCUT2D eigenvalue weighted by Gasteiger charge is -2.30. The van der Waals surface area contributed by atoms with Gasteiger partial charge in [0.25, 0.3) is 0 Å². The lowest BCUT2D eigenvalue weighted by atomic mass is 9.83. The summed E-state index contributed by atoms with van der Waals surface area (Å²) in [6.07, 6.45) is 6.25. The Balaban J connectivity index is 2.01. The van der Waals surface area contributed by atoms with Crippen molar-refractivity contribution in [2.75, 3.05) is 41.0 Å². The summed E-state index contributed by atoms with van der Waals surface area (Å²) >= 11 is 0. The smallest absolute Gasteiger partial charge is 0.191 e. The normalized spacial score (nSPS) is 16.2. The summed E-state index contributed by atoms with van der Waals surface area (Å²) in [6, 6.07) is 5.91. The average molecular weight is 378 g/mol. The molecule has 1 aliphatic rings. The van der Waals surface area contributed by atoms with E-state index in [1.807, 2.05) is 18.2 Å². The van der Waals surface area contributed by atoms with E-state index in [1.54, 1.807) is 21.3 Å². The predicted molar refractivity (Wildman–Crippen MR) is 110 cm³/mol. The van der Waals surface area contributed by atoms with Gasteiger partial charge < -0.3 is 24.8 Å². The lowest BCUT2D eigenvalue weighted by Crippen LogP contribution is -2.43. The van der Waals surface area contributed by atoms with E-state index in [-0.39, 0.29) is 0 Å². The molecule has 1 aromatic rings. The predicted octanol–water partition coefficient (Wildman–Crippen LogP) is 3.36. The number of aliphatic imine (C=N–C) groups is 1. The molecule has 0 aromatic heterocycles. The maximum absolute atomic E-state index is 5.38. The van der Waals surface area contributed by atoms with Crippen LogP contribution in [-0.2, 0) is 11.3 Å². The Morgan fingerprint density at radius 2 is 1.81 bits per heavy atom. The number of nitrogens with zero attached hydrogens (tertiary/aromatic N) is 1. The number of nitrogens with one attached hydrogen (secondary N) is 2. The second-order valence-corrected chi connectivity index (χ2v) is 7.19. The van der Waals surface area contributed by atoms with Crippen LogP contribution in [0.2, 0.25) is 0 Å². The van der Waals surface area contributed by atoms with Crippen LogP contribution in [0.25, 0.3) is 0 Å². The number of hydrogen-bond donors (Lipinski definition) is 2. The number of benzene rings is 1. The van der Waals surface area contributed by atoms with E-state index in [1.165, 1.54) is 25.7 Å². The maximum Gasteiger partial charge on any atom is 0.191 e. The summed E-state index contributed by atoms with van der Waals surface area (Å²) in [5.74, 6) is 2.32. The van der Waals surface area contributed by atoms with Crippen molar-refractivity contribution in [3.05, 3.63) is 23.8 Å². The zero-order valence-electron chi connectivity index (χ0n) is 17.3. The van der Waals surface area contributed by atoms with Crippen LogP contribution >= 0.6 is 0 Å². The highest BCUT2D eigenvalue weighted by Crippen LogP contribution is 2.40. The standard InChI is InChI=1S/C21H35N3O3/c1-5-22-20(24-16-21(12-13-25-2)10-6-7-11-21)23-15-17-8-9-18(26-3)19(14-17)27-4/h8-9,14H,5-7,10-13,15-16H2,1-4H3,(H2,22,23,24). The highest BCUT2D eigenvalue weighted by Gasteiger charge is 2.33. The summed E-state index contributed by atoms with van der Waals surface area (Å²) in [5.41, 5.74) is 1.41. The van der Waals surface area contributed by atoms with Crippen molar-refractivity contribution >= 4 is 5.96 Å². The molecule has 6 nitrogen and oxygen atoms in total. The van der Waals surface area contributed by atoms with Crippen LogP contribution in [0.4, 0.5) is 0 Å².